The molecule has 0 radical (unpaired) electrons. The smallest absolute Gasteiger partial charge is 0.252 e. The Morgan fingerprint density at radius 2 is 2.00 bits per heavy atom. The number of fused-ring (bicyclic) bond motifs is 1. The molecule has 3 heterocycles. The standard InChI is InChI=1S/C17H11FN8/c18-14-3-2-11(7-19)6-12(14)8-22-15-13-9-25-26(16(13)24-10-23-15)17-20-4-1-5-21-17/h1-6,9-10H,8H2,(H,22,23,24). The summed E-state index contributed by atoms with van der Waals surface area (Å²) < 4.78 is 15.4. The predicted molar refractivity (Wildman–Crippen MR) is 90.7 cm³/mol. The lowest BCUT2D eigenvalue weighted by molar-refractivity contribution is 0.612. The van der Waals surface area contributed by atoms with E-state index in [4.69, 9.17) is 5.26 Å². The highest BCUT2D eigenvalue weighted by Gasteiger charge is 2.13. The van der Waals surface area contributed by atoms with Crippen LogP contribution in [0.1, 0.15) is 11.1 Å². The van der Waals surface area contributed by atoms with E-state index >= 15 is 0 Å². The first-order valence-electron chi connectivity index (χ1n) is 7.65. The van der Waals surface area contributed by atoms with E-state index in [1.807, 2.05) is 6.07 Å². The average molecular weight is 346 g/mol. The molecule has 26 heavy (non-hydrogen) atoms. The zero-order valence-corrected chi connectivity index (χ0v) is 13.3. The Morgan fingerprint density at radius 1 is 1.15 bits per heavy atom. The molecule has 0 bridgehead atoms. The molecule has 0 saturated carbocycles. The van der Waals surface area contributed by atoms with E-state index in [0.717, 1.165) is 0 Å². The van der Waals surface area contributed by atoms with Crippen LogP contribution >= 0.6 is 0 Å². The van der Waals surface area contributed by atoms with Gasteiger partial charge in [0.25, 0.3) is 5.95 Å². The van der Waals surface area contributed by atoms with E-state index in [1.54, 1.807) is 24.7 Å². The van der Waals surface area contributed by atoms with Crippen LogP contribution < -0.4 is 5.32 Å². The number of aromatic nitrogens is 6. The number of nitrogens with one attached hydrogen (secondary N) is 1. The van der Waals surface area contributed by atoms with Gasteiger partial charge in [-0.05, 0) is 24.3 Å². The molecule has 9 heteroatoms. The van der Waals surface area contributed by atoms with Gasteiger partial charge in [-0.2, -0.15) is 15.0 Å². The van der Waals surface area contributed by atoms with Gasteiger partial charge >= 0.3 is 0 Å². The van der Waals surface area contributed by atoms with Crippen molar-refractivity contribution >= 4 is 16.9 Å². The molecule has 8 nitrogen and oxygen atoms in total. The highest BCUT2D eigenvalue weighted by atomic mass is 19.1. The molecule has 0 atom stereocenters. The summed E-state index contributed by atoms with van der Waals surface area (Å²) in [5.41, 5.74) is 1.29. The maximum atomic E-state index is 13.9. The third kappa shape index (κ3) is 2.80. The third-order valence-electron chi connectivity index (χ3n) is 3.73. The molecule has 0 fully saturated rings. The van der Waals surface area contributed by atoms with Crippen LogP contribution in [0, 0.1) is 17.1 Å². The monoisotopic (exact) mass is 346 g/mol. The summed E-state index contributed by atoms with van der Waals surface area (Å²) in [5.74, 6) is 0.494. The van der Waals surface area contributed by atoms with E-state index in [1.165, 1.54) is 29.2 Å². The van der Waals surface area contributed by atoms with Crippen LogP contribution in [-0.4, -0.2) is 29.7 Å². The lowest BCUT2D eigenvalue weighted by Gasteiger charge is -2.08. The molecule has 0 aliphatic heterocycles. The second-order valence-electron chi connectivity index (χ2n) is 5.34. The van der Waals surface area contributed by atoms with E-state index < -0.39 is 5.82 Å². The van der Waals surface area contributed by atoms with Crippen LogP contribution in [0.15, 0.2) is 49.2 Å². The fourth-order valence-corrected chi connectivity index (χ4v) is 2.49. The van der Waals surface area contributed by atoms with Crippen LogP contribution in [0.25, 0.3) is 17.0 Å². The Balaban J connectivity index is 1.66. The molecule has 1 N–H and O–H groups in total. The van der Waals surface area contributed by atoms with Gasteiger partial charge < -0.3 is 5.32 Å². The number of rotatable bonds is 4. The van der Waals surface area contributed by atoms with Crippen LogP contribution in [0.4, 0.5) is 10.2 Å². The van der Waals surface area contributed by atoms with E-state index in [9.17, 15) is 4.39 Å². The fourth-order valence-electron chi connectivity index (χ4n) is 2.49. The van der Waals surface area contributed by atoms with Crippen molar-refractivity contribution in [1.29, 1.82) is 5.26 Å². The molecule has 1 aromatic carbocycles. The van der Waals surface area contributed by atoms with E-state index in [-0.39, 0.29) is 6.54 Å². The largest absolute Gasteiger partial charge is 0.365 e. The van der Waals surface area contributed by atoms with Crippen molar-refractivity contribution in [1.82, 2.24) is 29.7 Å². The molecule has 0 saturated heterocycles. The van der Waals surface area contributed by atoms with Crippen molar-refractivity contribution in [2.45, 2.75) is 6.54 Å². The molecule has 0 aliphatic carbocycles. The Kier molecular flexibility index (Phi) is 3.91. The molecule has 3 aromatic heterocycles. The zero-order chi connectivity index (χ0) is 17.9. The number of hydrogen-bond donors (Lipinski definition) is 1. The number of benzene rings is 1. The van der Waals surface area contributed by atoms with Gasteiger partial charge in [0.2, 0.25) is 0 Å². The average Bonchev–Trinajstić information content (AvgIpc) is 3.13. The Labute approximate surface area is 147 Å². The summed E-state index contributed by atoms with van der Waals surface area (Å²) in [7, 11) is 0. The minimum atomic E-state index is -0.393. The Bertz CT molecular complexity index is 1120. The number of nitriles is 1. The van der Waals surface area contributed by atoms with Crippen LogP contribution in [0.2, 0.25) is 0 Å². The molecule has 0 spiro atoms. The molecule has 4 aromatic rings. The van der Waals surface area contributed by atoms with Gasteiger partial charge in [-0.3, -0.25) is 0 Å². The van der Waals surface area contributed by atoms with Gasteiger partial charge in [0.15, 0.2) is 5.65 Å². The lowest BCUT2D eigenvalue weighted by Crippen LogP contribution is -2.06. The van der Waals surface area contributed by atoms with Crippen molar-refractivity contribution < 1.29 is 4.39 Å². The van der Waals surface area contributed by atoms with Crippen molar-refractivity contribution in [2.75, 3.05) is 5.32 Å². The van der Waals surface area contributed by atoms with Crippen molar-refractivity contribution in [3.8, 4) is 12.0 Å². The molecule has 0 aliphatic rings. The van der Waals surface area contributed by atoms with Crippen molar-refractivity contribution in [2.24, 2.45) is 0 Å². The van der Waals surface area contributed by atoms with Gasteiger partial charge in [-0.15, -0.1) is 0 Å². The van der Waals surface area contributed by atoms with Crippen LogP contribution in [0.3, 0.4) is 0 Å². The Morgan fingerprint density at radius 3 is 2.81 bits per heavy atom. The first kappa shape index (κ1) is 15.6. The number of anilines is 1. The second kappa shape index (κ2) is 6.52. The van der Waals surface area contributed by atoms with Gasteiger partial charge in [0, 0.05) is 24.5 Å². The van der Waals surface area contributed by atoms with E-state index in [2.05, 4.69) is 30.4 Å². The molecular formula is C17H11FN8. The maximum Gasteiger partial charge on any atom is 0.252 e. The minimum absolute atomic E-state index is 0.167. The maximum absolute atomic E-state index is 13.9. The minimum Gasteiger partial charge on any atom is -0.365 e. The quantitative estimate of drug-likeness (QED) is 0.604. The number of nitrogens with zero attached hydrogens (tertiary/aromatic N) is 7. The van der Waals surface area contributed by atoms with Crippen LogP contribution in [-0.2, 0) is 6.54 Å². The number of halogens is 1. The first-order valence-corrected chi connectivity index (χ1v) is 7.65. The molecule has 0 unspecified atom stereocenters. The topological polar surface area (TPSA) is 105 Å². The molecule has 126 valence electrons. The number of hydrogen-bond acceptors (Lipinski definition) is 7. The SMILES string of the molecule is N#Cc1ccc(F)c(CNc2ncnc3c2cnn3-c2ncccn2)c1. The molecular weight excluding hydrogens is 335 g/mol. The zero-order valence-electron chi connectivity index (χ0n) is 13.3. The third-order valence-corrected chi connectivity index (χ3v) is 3.73. The van der Waals surface area contributed by atoms with Crippen molar-refractivity contribution in [3.05, 3.63) is 66.1 Å². The summed E-state index contributed by atoms with van der Waals surface area (Å²) in [6.45, 7) is 0.167. The van der Waals surface area contributed by atoms with Crippen LogP contribution in [0.5, 0.6) is 0 Å². The van der Waals surface area contributed by atoms with Gasteiger partial charge in [0.05, 0.1) is 23.2 Å². The lowest BCUT2D eigenvalue weighted by atomic mass is 10.1. The van der Waals surface area contributed by atoms with Gasteiger partial charge in [0.1, 0.15) is 18.0 Å². The summed E-state index contributed by atoms with van der Waals surface area (Å²) >= 11 is 0. The second-order valence-corrected chi connectivity index (χ2v) is 5.34. The highest BCUT2D eigenvalue weighted by molar-refractivity contribution is 5.86. The summed E-state index contributed by atoms with van der Waals surface area (Å²) in [6.07, 6.45) is 6.20. The van der Waals surface area contributed by atoms with E-state index in [0.29, 0.717) is 33.9 Å². The molecule has 4 rings (SSSR count). The normalized spacial score (nSPS) is 10.6. The van der Waals surface area contributed by atoms with Crippen molar-refractivity contribution in [3.63, 3.8) is 0 Å². The summed E-state index contributed by atoms with van der Waals surface area (Å²) in [5, 5.41) is 16.9. The Hall–Kier alpha value is -3.93. The summed E-state index contributed by atoms with van der Waals surface area (Å²) in [6, 6.07) is 7.92. The summed E-state index contributed by atoms with van der Waals surface area (Å²) in [4.78, 5) is 16.7. The predicted octanol–water partition coefficient (Wildman–Crippen LogP) is 2.23. The molecule has 0 amide bonds. The van der Waals surface area contributed by atoms with Gasteiger partial charge in [-0.25, -0.2) is 24.3 Å². The fraction of sp³-hybridized carbons (Fsp3) is 0.0588. The highest BCUT2D eigenvalue weighted by Crippen LogP contribution is 2.21. The van der Waals surface area contributed by atoms with Gasteiger partial charge in [-0.1, -0.05) is 0 Å². The first-order chi connectivity index (χ1) is 12.8.